The van der Waals surface area contributed by atoms with Crippen molar-refractivity contribution in [2.75, 3.05) is 26.6 Å². The summed E-state index contributed by atoms with van der Waals surface area (Å²) in [4.78, 5) is 27.9. The monoisotopic (exact) mass is 505 g/mol. The first kappa shape index (κ1) is 24.7. The zero-order valence-electron chi connectivity index (χ0n) is 20.0. The number of hydrogen-bond donors (Lipinski definition) is 1. The third-order valence-electron chi connectivity index (χ3n) is 5.49. The van der Waals surface area contributed by atoms with Gasteiger partial charge in [-0.05, 0) is 42.8 Å². The Bertz CT molecular complexity index is 1490. The highest BCUT2D eigenvalue weighted by atomic mass is 32.1. The number of hydrogen-bond acceptors (Lipinski definition) is 9. The van der Waals surface area contributed by atoms with Gasteiger partial charge >= 0.3 is 5.69 Å². The summed E-state index contributed by atoms with van der Waals surface area (Å²) in [5.74, 6) is 1.11. The number of anilines is 1. The molecular weight excluding hydrogens is 482 g/mol. The van der Waals surface area contributed by atoms with Crippen LogP contribution in [0.15, 0.2) is 60.8 Å². The van der Waals surface area contributed by atoms with Crippen LogP contribution in [0.3, 0.4) is 0 Å². The lowest BCUT2D eigenvalue weighted by atomic mass is 10.1. The normalized spacial score (nSPS) is 11.0. The predicted molar refractivity (Wildman–Crippen MR) is 140 cm³/mol. The predicted octanol–water partition coefficient (Wildman–Crippen LogP) is 6.01. The van der Waals surface area contributed by atoms with Gasteiger partial charge in [0.25, 0.3) is 0 Å². The molecule has 4 rings (SSSR count). The highest BCUT2D eigenvalue weighted by molar-refractivity contribution is 7.22. The van der Waals surface area contributed by atoms with Gasteiger partial charge in [-0.2, -0.15) is 0 Å². The van der Waals surface area contributed by atoms with E-state index in [0.717, 1.165) is 32.0 Å². The molecule has 0 radical (unpaired) electrons. The SMILES string of the molecule is COc1cc(OC)c2sc(-c3ccc(N/C=C\C(=O)c4ccc(OC)c([N+](=O)[O-])c4)c(C)c3)nc2c1. The van der Waals surface area contributed by atoms with Crippen LogP contribution in [0.5, 0.6) is 17.2 Å². The first-order chi connectivity index (χ1) is 17.3. The number of thiazole rings is 1. The molecule has 1 aromatic heterocycles. The van der Waals surface area contributed by atoms with Gasteiger partial charge < -0.3 is 19.5 Å². The van der Waals surface area contributed by atoms with Gasteiger partial charge in [-0.1, -0.05) is 0 Å². The van der Waals surface area contributed by atoms with Crippen molar-refractivity contribution in [2.24, 2.45) is 0 Å². The molecule has 36 heavy (non-hydrogen) atoms. The summed E-state index contributed by atoms with van der Waals surface area (Å²) < 4.78 is 16.7. The average Bonchev–Trinajstić information content (AvgIpc) is 3.32. The molecule has 0 unspecified atom stereocenters. The van der Waals surface area contributed by atoms with Gasteiger partial charge in [-0.3, -0.25) is 14.9 Å². The number of nitro groups is 1. The van der Waals surface area contributed by atoms with Gasteiger partial charge in [0.15, 0.2) is 11.5 Å². The van der Waals surface area contributed by atoms with Crippen molar-refractivity contribution < 1.29 is 23.9 Å². The maximum absolute atomic E-state index is 12.5. The van der Waals surface area contributed by atoms with E-state index in [1.807, 2.05) is 37.3 Å². The van der Waals surface area contributed by atoms with Gasteiger partial charge in [-0.15, -0.1) is 11.3 Å². The van der Waals surface area contributed by atoms with Crippen LogP contribution in [0.2, 0.25) is 0 Å². The Labute approximate surface area is 211 Å². The molecule has 0 saturated carbocycles. The van der Waals surface area contributed by atoms with E-state index in [1.54, 1.807) is 14.2 Å². The molecule has 10 heteroatoms. The molecule has 0 saturated heterocycles. The number of carbonyl (C=O) groups is 1. The topological polar surface area (TPSA) is 113 Å². The smallest absolute Gasteiger partial charge is 0.311 e. The molecule has 0 fully saturated rings. The molecule has 9 nitrogen and oxygen atoms in total. The van der Waals surface area contributed by atoms with Crippen molar-refractivity contribution >= 4 is 38.7 Å². The van der Waals surface area contributed by atoms with Gasteiger partial charge in [0.2, 0.25) is 0 Å². The molecule has 0 aliphatic heterocycles. The van der Waals surface area contributed by atoms with Crippen LogP contribution in [0.4, 0.5) is 11.4 Å². The number of allylic oxidation sites excluding steroid dienone is 1. The Morgan fingerprint density at radius 2 is 1.81 bits per heavy atom. The summed E-state index contributed by atoms with van der Waals surface area (Å²) in [5.41, 5.74) is 3.44. The van der Waals surface area contributed by atoms with Crippen molar-refractivity contribution in [1.82, 2.24) is 4.98 Å². The largest absolute Gasteiger partial charge is 0.497 e. The highest BCUT2D eigenvalue weighted by Gasteiger charge is 2.17. The van der Waals surface area contributed by atoms with Crippen molar-refractivity contribution in [3.05, 3.63) is 82.0 Å². The minimum Gasteiger partial charge on any atom is -0.497 e. The fourth-order valence-electron chi connectivity index (χ4n) is 3.62. The molecule has 184 valence electrons. The molecule has 3 aromatic carbocycles. The van der Waals surface area contributed by atoms with Crippen LogP contribution in [-0.2, 0) is 0 Å². The summed E-state index contributed by atoms with van der Waals surface area (Å²) in [6.07, 6.45) is 2.83. The molecule has 0 amide bonds. The van der Waals surface area contributed by atoms with E-state index in [-0.39, 0.29) is 22.8 Å². The van der Waals surface area contributed by atoms with Crippen molar-refractivity contribution in [3.63, 3.8) is 0 Å². The lowest BCUT2D eigenvalue weighted by Crippen LogP contribution is -2.00. The number of carbonyl (C=O) groups excluding carboxylic acids is 1. The second-order valence-electron chi connectivity index (χ2n) is 7.71. The van der Waals surface area contributed by atoms with Crippen molar-refractivity contribution in [1.29, 1.82) is 0 Å². The number of fused-ring (bicyclic) bond motifs is 1. The highest BCUT2D eigenvalue weighted by Crippen LogP contribution is 2.39. The molecule has 0 bridgehead atoms. The molecule has 0 atom stereocenters. The fraction of sp³-hybridized carbons (Fsp3) is 0.154. The number of aryl methyl sites for hydroxylation is 1. The third kappa shape index (κ3) is 4.98. The second-order valence-corrected chi connectivity index (χ2v) is 8.71. The minimum atomic E-state index is -0.583. The second kappa shape index (κ2) is 10.4. The molecule has 0 aliphatic carbocycles. The van der Waals surface area contributed by atoms with Crippen LogP contribution in [0.25, 0.3) is 20.8 Å². The van der Waals surface area contributed by atoms with Crippen LogP contribution >= 0.6 is 11.3 Å². The maximum atomic E-state index is 12.5. The number of methoxy groups -OCH3 is 3. The van der Waals surface area contributed by atoms with E-state index < -0.39 is 4.92 Å². The standard InChI is InChI=1S/C26H23N3O6S/c1-15-11-17(26-28-20-13-18(33-2)14-24(35-4)25(20)36-26)5-7-19(15)27-10-9-22(30)16-6-8-23(34-3)21(12-16)29(31)32/h5-14,27H,1-4H3/b10-9-. The number of ether oxygens (including phenoxy) is 3. The van der Waals surface area contributed by atoms with Gasteiger partial charge in [-0.25, -0.2) is 4.98 Å². The molecule has 1 N–H and O–H groups in total. The number of nitrogens with zero attached hydrogens (tertiary/aromatic N) is 2. The molecule has 0 spiro atoms. The maximum Gasteiger partial charge on any atom is 0.311 e. The molecule has 0 aliphatic rings. The lowest BCUT2D eigenvalue weighted by Gasteiger charge is -2.07. The van der Waals surface area contributed by atoms with E-state index in [9.17, 15) is 14.9 Å². The van der Waals surface area contributed by atoms with Crippen molar-refractivity contribution in [2.45, 2.75) is 6.92 Å². The minimum absolute atomic E-state index is 0.0973. The number of nitrogens with one attached hydrogen (secondary N) is 1. The number of nitro benzene ring substituents is 1. The Balaban J connectivity index is 1.51. The Kier molecular flexibility index (Phi) is 7.16. The van der Waals surface area contributed by atoms with Gasteiger partial charge in [0, 0.05) is 47.3 Å². The van der Waals surface area contributed by atoms with E-state index in [2.05, 4.69) is 5.32 Å². The first-order valence-corrected chi connectivity index (χ1v) is 11.6. The molecule has 1 heterocycles. The van der Waals surface area contributed by atoms with Crippen molar-refractivity contribution in [3.8, 4) is 27.8 Å². The van der Waals surface area contributed by atoms with E-state index in [4.69, 9.17) is 19.2 Å². The quantitative estimate of drug-likeness (QED) is 0.127. The Hall–Kier alpha value is -4.44. The van der Waals surface area contributed by atoms with E-state index in [0.29, 0.717) is 11.5 Å². The first-order valence-electron chi connectivity index (χ1n) is 10.8. The Morgan fingerprint density at radius 1 is 1.03 bits per heavy atom. The fourth-order valence-corrected chi connectivity index (χ4v) is 4.65. The summed E-state index contributed by atoms with van der Waals surface area (Å²) in [5, 5.41) is 15.1. The third-order valence-corrected chi connectivity index (χ3v) is 6.63. The summed E-state index contributed by atoms with van der Waals surface area (Å²) >= 11 is 1.53. The number of benzene rings is 3. The zero-order chi connectivity index (χ0) is 25.8. The summed E-state index contributed by atoms with van der Waals surface area (Å²) in [7, 11) is 4.56. The molecule has 4 aromatic rings. The average molecular weight is 506 g/mol. The Morgan fingerprint density at radius 3 is 2.47 bits per heavy atom. The number of rotatable bonds is 9. The van der Waals surface area contributed by atoms with E-state index in [1.165, 1.54) is 48.9 Å². The number of ketones is 1. The number of aromatic nitrogens is 1. The summed E-state index contributed by atoms with van der Waals surface area (Å²) in [6, 6.07) is 13.7. The summed E-state index contributed by atoms with van der Waals surface area (Å²) in [6.45, 7) is 1.95. The van der Waals surface area contributed by atoms with Gasteiger partial charge in [0.05, 0.1) is 36.5 Å². The lowest BCUT2D eigenvalue weighted by molar-refractivity contribution is -0.385. The molecular formula is C26H23N3O6S. The van der Waals surface area contributed by atoms with E-state index >= 15 is 0 Å². The van der Waals surface area contributed by atoms with Gasteiger partial charge in [0.1, 0.15) is 16.5 Å². The van der Waals surface area contributed by atoms with Crippen LogP contribution in [0.1, 0.15) is 15.9 Å². The van der Waals surface area contributed by atoms with Crippen LogP contribution in [-0.4, -0.2) is 37.0 Å². The zero-order valence-corrected chi connectivity index (χ0v) is 20.8. The van der Waals surface area contributed by atoms with Crippen LogP contribution in [0, 0.1) is 17.0 Å². The van der Waals surface area contributed by atoms with Crippen LogP contribution < -0.4 is 19.5 Å².